The molecule has 20 heavy (non-hydrogen) atoms. The first-order valence-electron chi connectivity index (χ1n) is 7.24. The molecule has 0 aromatic carbocycles. The van der Waals surface area contributed by atoms with Crippen molar-refractivity contribution in [1.82, 2.24) is 4.90 Å². The van der Waals surface area contributed by atoms with Crippen LogP contribution in [0, 0.1) is 5.41 Å². The summed E-state index contributed by atoms with van der Waals surface area (Å²) in [6, 6.07) is 0.167. The maximum Gasteiger partial charge on any atom is 0.236 e. The van der Waals surface area contributed by atoms with Gasteiger partial charge in [-0.1, -0.05) is 24.4 Å². The summed E-state index contributed by atoms with van der Waals surface area (Å²) in [5.74, 6) is 1.10. The van der Waals surface area contributed by atoms with Crippen molar-refractivity contribution in [2.24, 2.45) is 16.3 Å². The number of amides is 1. The van der Waals surface area contributed by atoms with E-state index in [0.717, 1.165) is 31.4 Å². The highest BCUT2D eigenvalue weighted by atomic mass is 32.2. The van der Waals surface area contributed by atoms with Gasteiger partial charge < -0.3 is 15.8 Å². The summed E-state index contributed by atoms with van der Waals surface area (Å²) < 4.78 is 0. The van der Waals surface area contributed by atoms with Crippen LogP contribution in [-0.2, 0) is 4.79 Å². The number of hydrogen-bond acceptors (Lipinski definition) is 4. The number of nitrogens with two attached hydrogens (primary N) is 1. The molecule has 0 radical (unpaired) electrons. The van der Waals surface area contributed by atoms with Crippen molar-refractivity contribution in [1.29, 1.82) is 0 Å². The Morgan fingerprint density at radius 3 is 2.55 bits per heavy atom. The van der Waals surface area contributed by atoms with Crippen LogP contribution in [0.15, 0.2) is 5.16 Å². The van der Waals surface area contributed by atoms with Crippen LogP contribution in [0.1, 0.15) is 45.4 Å². The van der Waals surface area contributed by atoms with Gasteiger partial charge in [-0.25, -0.2) is 0 Å². The Morgan fingerprint density at radius 2 is 2.05 bits per heavy atom. The van der Waals surface area contributed by atoms with Gasteiger partial charge in [0.15, 0.2) is 5.84 Å². The largest absolute Gasteiger partial charge is 0.409 e. The van der Waals surface area contributed by atoms with Crippen LogP contribution in [0.5, 0.6) is 0 Å². The second kappa shape index (κ2) is 7.76. The Bertz CT molecular complexity index is 354. The number of hydrogen-bond donors (Lipinski definition) is 2. The number of rotatable bonds is 6. The van der Waals surface area contributed by atoms with Crippen molar-refractivity contribution < 1.29 is 10.0 Å². The summed E-state index contributed by atoms with van der Waals surface area (Å²) in [4.78, 5) is 14.6. The van der Waals surface area contributed by atoms with Crippen molar-refractivity contribution >= 4 is 23.5 Å². The first-order valence-corrected chi connectivity index (χ1v) is 8.63. The van der Waals surface area contributed by atoms with E-state index in [1.807, 2.05) is 7.05 Å². The van der Waals surface area contributed by atoms with E-state index in [0.29, 0.717) is 12.8 Å². The third-order valence-corrected chi connectivity index (χ3v) is 5.08. The molecule has 0 aromatic heterocycles. The lowest BCUT2D eigenvalue weighted by atomic mass is 9.72. The Hall–Kier alpha value is -0.910. The van der Waals surface area contributed by atoms with E-state index < -0.39 is 5.41 Å². The first-order chi connectivity index (χ1) is 9.49. The zero-order valence-corrected chi connectivity index (χ0v) is 13.6. The normalized spacial score (nSPS) is 20.4. The summed E-state index contributed by atoms with van der Waals surface area (Å²) in [5, 5.41) is 12.2. The van der Waals surface area contributed by atoms with E-state index in [1.54, 1.807) is 16.7 Å². The molecule has 0 aliphatic heterocycles. The van der Waals surface area contributed by atoms with Gasteiger partial charge >= 0.3 is 0 Å². The molecule has 0 bridgehead atoms. The molecule has 1 aliphatic rings. The molecule has 5 nitrogen and oxygen atoms in total. The highest BCUT2D eigenvalue weighted by molar-refractivity contribution is 7.98. The fraction of sp³-hybridized carbons (Fsp3) is 0.857. The maximum atomic E-state index is 12.9. The summed E-state index contributed by atoms with van der Waals surface area (Å²) >= 11 is 1.78. The van der Waals surface area contributed by atoms with Gasteiger partial charge in [0.1, 0.15) is 5.41 Å². The summed E-state index contributed by atoms with van der Waals surface area (Å²) in [7, 11) is 1.83. The fourth-order valence-electron chi connectivity index (χ4n) is 2.85. The molecule has 1 unspecified atom stereocenters. The second-order valence-electron chi connectivity index (χ2n) is 5.67. The van der Waals surface area contributed by atoms with Crippen LogP contribution in [0.3, 0.4) is 0 Å². The minimum atomic E-state index is -0.796. The molecular formula is C14H27N3O2S. The molecule has 1 saturated carbocycles. The maximum absolute atomic E-state index is 12.9. The second-order valence-corrected chi connectivity index (χ2v) is 6.66. The highest BCUT2D eigenvalue weighted by Gasteiger charge is 2.46. The molecule has 1 amide bonds. The predicted octanol–water partition coefficient (Wildman–Crippen LogP) is 2.28. The van der Waals surface area contributed by atoms with Crippen molar-refractivity contribution in [2.75, 3.05) is 19.1 Å². The molecule has 1 atom stereocenters. The topological polar surface area (TPSA) is 78.9 Å². The van der Waals surface area contributed by atoms with Crippen LogP contribution < -0.4 is 5.73 Å². The third-order valence-electron chi connectivity index (χ3n) is 4.44. The lowest BCUT2D eigenvalue weighted by molar-refractivity contribution is -0.140. The van der Waals surface area contributed by atoms with Gasteiger partial charge in [0.25, 0.3) is 0 Å². The Kier molecular flexibility index (Phi) is 6.65. The van der Waals surface area contributed by atoms with Crippen LogP contribution in [0.2, 0.25) is 0 Å². The van der Waals surface area contributed by atoms with Gasteiger partial charge in [-0.05, 0) is 38.2 Å². The molecule has 3 N–H and O–H groups in total. The molecule has 1 fully saturated rings. The van der Waals surface area contributed by atoms with Gasteiger partial charge in [0.05, 0.1) is 0 Å². The van der Waals surface area contributed by atoms with E-state index in [1.165, 1.54) is 0 Å². The quantitative estimate of drug-likeness (QED) is 0.341. The molecular weight excluding hydrogens is 274 g/mol. The Balaban J connectivity index is 2.88. The molecule has 0 aromatic rings. The SMILES string of the molecule is CSCCC(C)N(C)C(=O)C1(C(N)=NO)CCCCC1. The molecule has 1 rings (SSSR count). The first kappa shape index (κ1) is 17.1. The zero-order valence-electron chi connectivity index (χ0n) is 12.8. The smallest absolute Gasteiger partial charge is 0.236 e. The molecule has 1 aliphatic carbocycles. The summed E-state index contributed by atoms with van der Waals surface area (Å²) in [6.07, 6.45) is 7.40. The lowest BCUT2D eigenvalue weighted by Crippen LogP contribution is -2.53. The van der Waals surface area contributed by atoms with Crippen LogP contribution >= 0.6 is 11.8 Å². The van der Waals surface area contributed by atoms with Gasteiger partial charge in [-0.2, -0.15) is 11.8 Å². The van der Waals surface area contributed by atoms with Crippen molar-refractivity contribution in [3.05, 3.63) is 0 Å². The van der Waals surface area contributed by atoms with Crippen molar-refractivity contribution in [3.8, 4) is 0 Å². The third kappa shape index (κ3) is 3.59. The van der Waals surface area contributed by atoms with Crippen LogP contribution in [0.25, 0.3) is 0 Å². The van der Waals surface area contributed by atoms with E-state index in [4.69, 9.17) is 10.9 Å². The molecule has 0 spiro atoms. The number of carbonyl (C=O) groups is 1. The van der Waals surface area contributed by atoms with Crippen molar-refractivity contribution in [2.45, 2.75) is 51.5 Å². The van der Waals surface area contributed by atoms with E-state index >= 15 is 0 Å². The molecule has 0 saturated heterocycles. The summed E-state index contributed by atoms with van der Waals surface area (Å²) in [5.41, 5.74) is 5.07. The summed E-state index contributed by atoms with van der Waals surface area (Å²) in [6.45, 7) is 2.05. The van der Waals surface area contributed by atoms with Gasteiger partial charge in [-0.15, -0.1) is 0 Å². The molecule has 6 heteroatoms. The Morgan fingerprint density at radius 1 is 1.45 bits per heavy atom. The predicted molar refractivity (Wildman–Crippen MR) is 84.2 cm³/mol. The number of carbonyl (C=O) groups excluding carboxylic acids is 1. The van der Waals surface area contributed by atoms with Gasteiger partial charge in [0, 0.05) is 13.1 Å². The minimum absolute atomic E-state index is 0.00102. The van der Waals surface area contributed by atoms with E-state index in [9.17, 15) is 4.79 Å². The number of amidine groups is 1. The van der Waals surface area contributed by atoms with Crippen LogP contribution in [0.4, 0.5) is 0 Å². The average Bonchev–Trinajstić information content (AvgIpc) is 2.50. The molecule has 0 heterocycles. The van der Waals surface area contributed by atoms with Crippen molar-refractivity contribution in [3.63, 3.8) is 0 Å². The molecule has 116 valence electrons. The number of thioether (sulfide) groups is 1. The fourth-order valence-corrected chi connectivity index (χ4v) is 3.43. The average molecular weight is 301 g/mol. The Labute approximate surface area is 126 Å². The van der Waals surface area contributed by atoms with E-state index in [-0.39, 0.29) is 17.8 Å². The number of oxime groups is 1. The lowest BCUT2D eigenvalue weighted by Gasteiger charge is -2.39. The van der Waals surface area contributed by atoms with Gasteiger partial charge in [-0.3, -0.25) is 4.79 Å². The monoisotopic (exact) mass is 301 g/mol. The highest BCUT2D eigenvalue weighted by Crippen LogP contribution is 2.38. The van der Waals surface area contributed by atoms with E-state index in [2.05, 4.69) is 18.3 Å². The van der Waals surface area contributed by atoms with Crippen LogP contribution in [-0.4, -0.2) is 46.9 Å². The van der Waals surface area contributed by atoms with Gasteiger partial charge in [0.2, 0.25) is 5.91 Å². The minimum Gasteiger partial charge on any atom is -0.409 e. The standard InChI is InChI=1S/C14H27N3O2S/c1-11(7-10-20-3)17(2)13(18)14(12(15)16-19)8-5-4-6-9-14/h11,19H,4-10H2,1-3H3,(H2,15,16). The number of nitrogens with zero attached hydrogens (tertiary/aromatic N) is 2. The zero-order chi connectivity index (χ0) is 15.2.